The molecule has 0 aliphatic heterocycles. The molecule has 0 aliphatic carbocycles. The van der Waals surface area contributed by atoms with E-state index in [-0.39, 0.29) is 21.5 Å². The van der Waals surface area contributed by atoms with Gasteiger partial charge >= 0.3 is 0 Å². The van der Waals surface area contributed by atoms with Gasteiger partial charge in [0.15, 0.2) is 9.84 Å². The molecule has 0 unspecified atom stereocenters. The van der Waals surface area contributed by atoms with E-state index in [0.29, 0.717) is 11.3 Å². The molecular weight excluding hydrogens is 387 g/mol. The monoisotopic (exact) mass is 396 g/mol. The first-order valence-corrected chi connectivity index (χ1v) is 9.16. The third-order valence-corrected chi connectivity index (χ3v) is 5.51. The molecule has 0 amide bonds. The molecule has 23 heavy (non-hydrogen) atoms. The van der Waals surface area contributed by atoms with Crippen molar-refractivity contribution < 1.29 is 13.2 Å². The summed E-state index contributed by atoms with van der Waals surface area (Å²) in [6.07, 6.45) is 1.97. The summed E-state index contributed by atoms with van der Waals surface area (Å²) < 4.78 is 29.1. The normalized spacial score (nSPS) is 11.5. The summed E-state index contributed by atoms with van der Waals surface area (Å²) in [7, 11) is -2.19. The second kappa shape index (κ2) is 6.68. The molecular formula is C13H11Cl3N2O4S. The predicted molar refractivity (Wildman–Crippen MR) is 88.7 cm³/mol. The summed E-state index contributed by atoms with van der Waals surface area (Å²) in [5.41, 5.74) is -0.229. The lowest BCUT2D eigenvalue weighted by molar-refractivity contribution is 0.415. The fraction of sp³-hybridized carbons (Fsp3) is 0.231. The molecule has 0 saturated carbocycles. The van der Waals surface area contributed by atoms with E-state index in [1.165, 1.54) is 7.11 Å². The highest BCUT2D eigenvalue weighted by Crippen LogP contribution is 2.34. The van der Waals surface area contributed by atoms with Crippen LogP contribution < -0.4 is 10.3 Å². The van der Waals surface area contributed by atoms with Crippen LogP contribution in [-0.4, -0.2) is 31.6 Å². The van der Waals surface area contributed by atoms with Crippen molar-refractivity contribution in [2.24, 2.45) is 0 Å². The molecule has 0 aliphatic rings. The average molecular weight is 398 g/mol. The van der Waals surface area contributed by atoms with Crippen LogP contribution in [0.3, 0.4) is 0 Å². The molecule has 2 aromatic rings. The summed E-state index contributed by atoms with van der Waals surface area (Å²) in [5.74, 6) is 0.395. The van der Waals surface area contributed by atoms with Crippen LogP contribution in [0.25, 0.3) is 0 Å². The minimum atomic E-state index is -3.64. The molecule has 6 nitrogen and oxygen atoms in total. The number of halogens is 3. The minimum Gasteiger partial charge on any atom is -0.495 e. The fourth-order valence-corrected chi connectivity index (χ4v) is 3.53. The van der Waals surface area contributed by atoms with Crippen LogP contribution in [0.4, 0.5) is 0 Å². The van der Waals surface area contributed by atoms with E-state index in [0.717, 1.165) is 17.1 Å². The summed E-state index contributed by atoms with van der Waals surface area (Å²) >= 11 is 18.0. The number of sulfone groups is 1. The third kappa shape index (κ3) is 3.63. The molecule has 10 heteroatoms. The van der Waals surface area contributed by atoms with Gasteiger partial charge < -0.3 is 4.74 Å². The molecule has 1 heterocycles. The second-order valence-electron chi connectivity index (χ2n) is 4.61. The van der Waals surface area contributed by atoms with E-state index in [2.05, 4.69) is 5.10 Å². The highest BCUT2D eigenvalue weighted by Gasteiger charge is 2.18. The maximum absolute atomic E-state index is 12.2. The summed E-state index contributed by atoms with van der Waals surface area (Å²) in [6.45, 7) is -0.0227. The molecule has 124 valence electrons. The van der Waals surface area contributed by atoms with Crippen LogP contribution >= 0.6 is 34.8 Å². The number of hydrogen-bond donors (Lipinski definition) is 0. The van der Waals surface area contributed by atoms with Crippen molar-refractivity contribution in [1.29, 1.82) is 0 Å². The van der Waals surface area contributed by atoms with Crippen LogP contribution in [0.1, 0.15) is 5.56 Å². The largest absolute Gasteiger partial charge is 0.495 e. The lowest BCUT2D eigenvalue weighted by Gasteiger charge is -2.11. The number of nitrogens with zero attached hydrogens (tertiary/aromatic N) is 2. The Kier molecular flexibility index (Phi) is 5.25. The summed E-state index contributed by atoms with van der Waals surface area (Å²) in [4.78, 5) is 11.8. The van der Waals surface area contributed by atoms with E-state index >= 15 is 0 Å². The SMILES string of the molecule is COc1ccc(Cn2ncc(S(C)(=O)=O)c(Cl)c2=O)c(Cl)c1Cl. The Morgan fingerprint density at radius 3 is 2.39 bits per heavy atom. The zero-order chi connectivity index (χ0) is 17.4. The first-order chi connectivity index (χ1) is 10.7. The van der Waals surface area contributed by atoms with E-state index < -0.39 is 20.4 Å². The quantitative estimate of drug-likeness (QED) is 0.792. The van der Waals surface area contributed by atoms with Gasteiger partial charge in [0.1, 0.15) is 20.7 Å². The predicted octanol–water partition coefficient (Wildman–Crippen LogP) is 2.66. The van der Waals surface area contributed by atoms with Crippen molar-refractivity contribution in [3.05, 3.63) is 49.3 Å². The van der Waals surface area contributed by atoms with Crippen molar-refractivity contribution in [2.45, 2.75) is 11.4 Å². The van der Waals surface area contributed by atoms with Gasteiger partial charge in [0, 0.05) is 6.26 Å². The van der Waals surface area contributed by atoms with E-state index in [4.69, 9.17) is 39.5 Å². The number of methoxy groups -OCH3 is 1. The Balaban J connectivity index is 2.49. The van der Waals surface area contributed by atoms with E-state index in [1.807, 2.05) is 0 Å². The number of benzene rings is 1. The molecule has 0 saturated heterocycles. The van der Waals surface area contributed by atoms with Gasteiger partial charge in [-0.25, -0.2) is 13.1 Å². The smallest absolute Gasteiger partial charge is 0.287 e. The fourth-order valence-electron chi connectivity index (χ4n) is 1.83. The van der Waals surface area contributed by atoms with E-state index in [9.17, 15) is 13.2 Å². The molecule has 1 aromatic carbocycles. The topological polar surface area (TPSA) is 78.3 Å². The van der Waals surface area contributed by atoms with Gasteiger partial charge in [-0.1, -0.05) is 40.9 Å². The Morgan fingerprint density at radius 2 is 1.83 bits per heavy atom. The van der Waals surface area contributed by atoms with Crippen LogP contribution in [0.2, 0.25) is 15.1 Å². The van der Waals surface area contributed by atoms with Gasteiger partial charge in [-0.2, -0.15) is 5.10 Å². The molecule has 0 fully saturated rings. The summed E-state index contributed by atoms with van der Waals surface area (Å²) in [5, 5.41) is 3.82. The van der Waals surface area contributed by atoms with Gasteiger partial charge in [-0.15, -0.1) is 0 Å². The number of rotatable bonds is 4. The van der Waals surface area contributed by atoms with Crippen molar-refractivity contribution in [3.8, 4) is 5.75 Å². The van der Waals surface area contributed by atoms with Crippen molar-refractivity contribution in [1.82, 2.24) is 9.78 Å². The van der Waals surface area contributed by atoms with Crippen molar-refractivity contribution in [2.75, 3.05) is 13.4 Å². The van der Waals surface area contributed by atoms with Crippen LogP contribution in [0, 0.1) is 0 Å². The first kappa shape index (κ1) is 18.1. The zero-order valence-corrected chi connectivity index (χ0v) is 15.1. The standard InChI is InChI=1S/C13H11Cl3N2O4S/c1-22-8-4-3-7(10(14)11(8)15)6-18-13(19)12(16)9(5-17-18)23(2,20)21/h3-5H,6H2,1-2H3. The second-order valence-corrected chi connectivity index (χ2v) is 7.73. The highest BCUT2D eigenvalue weighted by molar-refractivity contribution is 7.90. The van der Waals surface area contributed by atoms with Gasteiger partial charge in [0.2, 0.25) is 0 Å². The van der Waals surface area contributed by atoms with Crippen LogP contribution in [-0.2, 0) is 16.4 Å². The molecule has 2 rings (SSSR count). The zero-order valence-electron chi connectivity index (χ0n) is 12.0. The van der Waals surface area contributed by atoms with Crippen LogP contribution in [0.5, 0.6) is 5.75 Å². The third-order valence-electron chi connectivity index (χ3n) is 3.02. The molecule has 1 aromatic heterocycles. The van der Waals surface area contributed by atoms with Crippen LogP contribution in [0.15, 0.2) is 28.0 Å². The lowest BCUT2D eigenvalue weighted by atomic mass is 10.2. The molecule has 0 N–H and O–H groups in total. The highest BCUT2D eigenvalue weighted by atomic mass is 35.5. The Bertz CT molecular complexity index is 926. The Hall–Kier alpha value is -1.28. The number of hydrogen-bond acceptors (Lipinski definition) is 5. The van der Waals surface area contributed by atoms with Crippen molar-refractivity contribution in [3.63, 3.8) is 0 Å². The van der Waals surface area contributed by atoms with Crippen molar-refractivity contribution >= 4 is 44.6 Å². The Morgan fingerprint density at radius 1 is 1.17 bits per heavy atom. The summed E-state index contributed by atoms with van der Waals surface area (Å²) in [6, 6.07) is 3.22. The minimum absolute atomic E-state index is 0.0227. The maximum Gasteiger partial charge on any atom is 0.287 e. The first-order valence-electron chi connectivity index (χ1n) is 6.13. The van der Waals surface area contributed by atoms with Gasteiger partial charge in [0.25, 0.3) is 5.56 Å². The van der Waals surface area contributed by atoms with Gasteiger partial charge in [-0.05, 0) is 11.6 Å². The molecule has 0 atom stereocenters. The molecule has 0 spiro atoms. The molecule has 0 radical (unpaired) electrons. The Labute approximate surface area is 147 Å². The van der Waals surface area contributed by atoms with Gasteiger partial charge in [0.05, 0.1) is 24.9 Å². The number of ether oxygens (including phenoxy) is 1. The maximum atomic E-state index is 12.2. The lowest BCUT2D eigenvalue weighted by Crippen LogP contribution is -2.25. The van der Waals surface area contributed by atoms with Gasteiger partial charge in [-0.3, -0.25) is 4.79 Å². The number of aromatic nitrogens is 2. The average Bonchev–Trinajstić information content (AvgIpc) is 2.47. The van der Waals surface area contributed by atoms with E-state index in [1.54, 1.807) is 12.1 Å². The molecule has 0 bridgehead atoms.